The third-order valence-electron chi connectivity index (χ3n) is 2.72. The Kier molecular flexibility index (Phi) is 5.56. The molecule has 1 rings (SSSR count). The molecule has 0 heterocycles. The van der Waals surface area contributed by atoms with E-state index in [1.54, 1.807) is 6.07 Å². The molecule has 0 saturated carbocycles. The number of hydrogen-bond acceptors (Lipinski definition) is 3. The number of benzene rings is 1. The molecule has 0 radical (unpaired) electrons. The van der Waals surface area contributed by atoms with E-state index in [2.05, 4.69) is 0 Å². The molecule has 0 aliphatic carbocycles. The van der Waals surface area contributed by atoms with Gasteiger partial charge in [0.05, 0.1) is 5.56 Å². The molecule has 0 spiro atoms. The molecule has 0 fully saturated rings. The van der Waals surface area contributed by atoms with E-state index in [1.807, 2.05) is 13.8 Å². The molecule has 3 nitrogen and oxygen atoms in total. The van der Waals surface area contributed by atoms with E-state index >= 15 is 0 Å². The van der Waals surface area contributed by atoms with E-state index in [9.17, 15) is 9.50 Å². The summed E-state index contributed by atoms with van der Waals surface area (Å²) in [6.45, 7) is 3.55. The maximum absolute atomic E-state index is 13.1. The first-order valence-corrected chi connectivity index (χ1v) is 4.98. The monoisotopic (exact) mass is 258 g/mol. The van der Waals surface area contributed by atoms with E-state index < -0.39 is 17.3 Å². The van der Waals surface area contributed by atoms with Crippen LogP contribution in [0.1, 0.15) is 31.0 Å². The van der Waals surface area contributed by atoms with Crippen molar-refractivity contribution in [2.75, 3.05) is 6.61 Å². The number of nitrogens with zero attached hydrogens (tertiary/aromatic N) is 1. The third kappa shape index (κ3) is 3.40. The summed E-state index contributed by atoms with van der Waals surface area (Å²) in [5, 5.41) is 17.9. The Morgan fingerprint density at radius 3 is 2.59 bits per heavy atom. The average Bonchev–Trinajstić information content (AvgIpc) is 2.28. The zero-order valence-corrected chi connectivity index (χ0v) is 10.6. The van der Waals surface area contributed by atoms with Crippen LogP contribution in [-0.4, -0.2) is 11.7 Å². The van der Waals surface area contributed by atoms with Crippen molar-refractivity contribution in [1.82, 2.24) is 0 Å². The number of rotatable bonds is 3. The van der Waals surface area contributed by atoms with Gasteiger partial charge in [0, 0.05) is 18.1 Å². The van der Waals surface area contributed by atoms with Gasteiger partial charge in [0.1, 0.15) is 11.9 Å². The lowest BCUT2D eigenvalue weighted by molar-refractivity contribution is 0.132. The second-order valence-electron chi connectivity index (χ2n) is 4.48. The lowest BCUT2D eigenvalue weighted by Gasteiger charge is -2.29. The third-order valence-corrected chi connectivity index (χ3v) is 2.72. The van der Waals surface area contributed by atoms with Crippen molar-refractivity contribution in [3.05, 3.63) is 35.1 Å². The van der Waals surface area contributed by atoms with Crippen molar-refractivity contribution in [2.24, 2.45) is 11.1 Å². The van der Waals surface area contributed by atoms with Crippen molar-refractivity contribution in [1.29, 1.82) is 5.26 Å². The van der Waals surface area contributed by atoms with E-state index in [-0.39, 0.29) is 24.6 Å². The summed E-state index contributed by atoms with van der Waals surface area (Å²) < 4.78 is 13.1. The summed E-state index contributed by atoms with van der Waals surface area (Å²) in [7, 11) is 0. The van der Waals surface area contributed by atoms with Gasteiger partial charge in [-0.2, -0.15) is 5.26 Å². The molecule has 17 heavy (non-hydrogen) atoms. The molecule has 1 atom stereocenters. The number of nitriles is 1. The zero-order chi connectivity index (χ0) is 12.3. The van der Waals surface area contributed by atoms with Crippen LogP contribution in [0.3, 0.4) is 0 Å². The van der Waals surface area contributed by atoms with Crippen LogP contribution in [0.2, 0.25) is 0 Å². The SMILES string of the molecule is CC(C)(CO)[C@@H](N)c1ccc(F)c(C#N)c1.Cl. The summed E-state index contributed by atoms with van der Waals surface area (Å²) in [4.78, 5) is 0. The lowest BCUT2D eigenvalue weighted by atomic mass is 9.81. The fourth-order valence-corrected chi connectivity index (χ4v) is 1.37. The van der Waals surface area contributed by atoms with Gasteiger partial charge >= 0.3 is 0 Å². The fraction of sp³-hybridized carbons (Fsp3) is 0.417. The van der Waals surface area contributed by atoms with Crippen LogP contribution in [0.25, 0.3) is 0 Å². The molecule has 5 heteroatoms. The molecule has 0 bridgehead atoms. The first-order chi connectivity index (χ1) is 7.42. The molecular weight excluding hydrogens is 243 g/mol. The summed E-state index contributed by atoms with van der Waals surface area (Å²) in [6.07, 6.45) is 0. The van der Waals surface area contributed by atoms with E-state index in [0.717, 1.165) is 0 Å². The second kappa shape index (κ2) is 5.97. The largest absolute Gasteiger partial charge is 0.396 e. The highest BCUT2D eigenvalue weighted by Crippen LogP contribution is 2.31. The Labute approximate surface area is 106 Å². The Morgan fingerprint density at radius 1 is 1.53 bits per heavy atom. The van der Waals surface area contributed by atoms with Gasteiger partial charge in [-0.3, -0.25) is 0 Å². The highest BCUT2D eigenvalue weighted by atomic mass is 35.5. The van der Waals surface area contributed by atoms with Crippen LogP contribution >= 0.6 is 12.4 Å². The zero-order valence-electron chi connectivity index (χ0n) is 9.77. The van der Waals surface area contributed by atoms with Crippen LogP contribution in [0.4, 0.5) is 4.39 Å². The molecule has 0 amide bonds. The van der Waals surface area contributed by atoms with Gasteiger partial charge in [-0.1, -0.05) is 19.9 Å². The first-order valence-electron chi connectivity index (χ1n) is 4.98. The van der Waals surface area contributed by atoms with Gasteiger partial charge in [-0.05, 0) is 17.7 Å². The van der Waals surface area contributed by atoms with Crippen LogP contribution < -0.4 is 5.73 Å². The average molecular weight is 259 g/mol. The van der Waals surface area contributed by atoms with Crippen LogP contribution in [0, 0.1) is 22.6 Å². The minimum Gasteiger partial charge on any atom is -0.396 e. The van der Waals surface area contributed by atoms with Gasteiger partial charge in [-0.25, -0.2) is 4.39 Å². The molecule has 1 aromatic carbocycles. The fourth-order valence-electron chi connectivity index (χ4n) is 1.37. The molecular formula is C12H16ClFN2O. The Morgan fingerprint density at radius 2 is 2.12 bits per heavy atom. The predicted molar refractivity (Wildman–Crippen MR) is 66.2 cm³/mol. The van der Waals surface area contributed by atoms with Crippen molar-refractivity contribution in [3.8, 4) is 6.07 Å². The van der Waals surface area contributed by atoms with E-state index in [0.29, 0.717) is 5.56 Å². The van der Waals surface area contributed by atoms with Crippen molar-refractivity contribution >= 4 is 12.4 Å². The minimum absolute atomic E-state index is 0. The maximum atomic E-state index is 13.1. The number of hydrogen-bond donors (Lipinski definition) is 2. The molecule has 0 aromatic heterocycles. The number of halogens is 2. The molecule has 0 saturated heterocycles. The summed E-state index contributed by atoms with van der Waals surface area (Å²) >= 11 is 0. The quantitative estimate of drug-likeness (QED) is 0.873. The van der Waals surface area contributed by atoms with Crippen LogP contribution in [-0.2, 0) is 0 Å². The highest BCUT2D eigenvalue weighted by Gasteiger charge is 2.27. The number of aliphatic hydroxyl groups is 1. The van der Waals surface area contributed by atoms with Gasteiger partial charge in [0.2, 0.25) is 0 Å². The van der Waals surface area contributed by atoms with Crippen molar-refractivity contribution in [2.45, 2.75) is 19.9 Å². The van der Waals surface area contributed by atoms with Crippen molar-refractivity contribution in [3.63, 3.8) is 0 Å². The van der Waals surface area contributed by atoms with Gasteiger partial charge in [0.25, 0.3) is 0 Å². The first kappa shape index (κ1) is 15.9. The topological polar surface area (TPSA) is 70.0 Å². The minimum atomic E-state index is -0.555. The maximum Gasteiger partial charge on any atom is 0.140 e. The smallest absolute Gasteiger partial charge is 0.140 e. The normalized spacial score (nSPS) is 12.5. The molecule has 0 unspecified atom stereocenters. The lowest BCUT2D eigenvalue weighted by Crippen LogP contribution is -2.32. The van der Waals surface area contributed by atoms with E-state index in [4.69, 9.17) is 11.0 Å². The molecule has 3 N–H and O–H groups in total. The van der Waals surface area contributed by atoms with Crippen molar-refractivity contribution < 1.29 is 9.50 Å². The van der Waals surface area contributed by atoms with Crippen LogP contribution in [0.5, 0.6) is 0 Å². The Hall–Kier alpha value is -1.15. The molecule has 0 aliphatic rings. The summed E-state index contributed by atoms with van der Waals surface area (Å²) in [5.74, 6) is -0.555. The highest BCUT2D eigenvalue weighted by molar-refractivity contribution is 5.85. The molecule has 0 aliphatic heterocycles. The Balaban J connectivity index is 0.00000256. The van der Waals surface area contributed by atoms with Gasteiger partial charge < -0.3 is 10.8 Å². The van der Waals surface area contributed by atoms with Gasteiger partial charge in [-0.15, -0.1) is 12.4 Å². The summed E-state index contributed by atoms with van der Waals surface area (Å²) in [6, 6.07) is 5.52. The standard InChI is InChI=1S/C12H15FN2O.ClH/c1-12(2,7-16)11(15)8-3-4-10(13)9(5-8)6-14;/h3-5,11,16H,7,15H2,1-2H3;1H/t11-;/m0./s1. The summed E-state index contributed by atoms with van der Waals surface area (Å²) in [5.41, 5.74) is 6.08. The van der Waals surface area contributed by atoms with E-state index in [1.165, 1.54) is 18.2 Å². The molecule has 94 valence electrons. The predicted octanol–water partition coefficient (Wildman–Crippen LogP) is 2.14. The number of nitrogens with two attached hydrogens (primary N) is 1. The molecule has 1 aromatic rings. The number of aliphatic hydroxyl groups excluding tert-OH is 1. The Bertz CT molecular complexity index is 429. The van der Waals surface area contributed by atoms with Gasteiger partial charge in [0.15, 0.2) is 0 Å². The second-order valence-corrected chi connectivity index (χ2v) is 4.48. The van der Waals surface area contributed by atoms with Crippen LogP contribution in [0.15, 0.2) is 18.2 Å².